The van der Waals surface area contributed by atoms with Gasteiger partial charge in [0, 0.05) is 40.8 Å². The van der Waals surface area contributed by atoms with E-state index in [1.54, 1.807) is 24.1 Å². The predicted molar refractivity (Wildman–Crippen MR) is 142 cm³/mol. The van der Waals surface area contributed by atoms with Crippen molar-refractivity contribution in [1.82, 2.24) is 10.4 Å². The van der Waals surface area contributed by atoms with Crippen LogP contribution in [0.4, 0.5) is 8.78 Å². The number of benzene rings is 1. The highest BCUT2D eigenvalue weighted by Crippen LogP contribution is 2.72. The predicted octanol–water partition coefficient (Wildman–Crippen LogP) is 4.01. The number of carbonyl (C=O) groups is 2. The van der Waals surface area contributed by atoms with Crippen LogP contribution in [-0.4, -0.2) is 58.5 Å². The fraction of sp³-hybridized carbons (Fsp3) is 0.567. The molecular formula is C30H32ClF2N3O4. The summed E-state index contributed by atoms with van der Waals surface area (Å²) in [6, 6.07) is 9.21. The Morgan fingerprint density at radius 2 is 2.00 bits per heavy atom. The van der Waals surface area contributed by atoms with Crippen molar-refractivity contribution in [3.63, 3.8) is 0 Å². The fourth-order valence-corrected chi connectivity index (χ4v) is 8.98. The highest BCUT2D eigenvalue weighted by molar-refractivity contribution is 6.30. The van der Waals surface area contributed by atoms with Crippen molar-refractivity contribution in [2.45, 2.75) is 63.2 Å². The van der Waals surface area contributed by atoms with E-state index in [2.05, 4.69) is 5.32 Å². The number of amides is 1. The molecule has 212 valence electrons. The Balaban J connectivity index is 1.40. The molecule has 1 saturated heterocycles. The van der Waals surface area contributed by atoms with Crippen molar-refractivity contribution in [3.05, 3.63) is 58.7 Å². The number of allylic oxidation sites excluding steroid dienone is 4. The van der Waals surface area contributed by atoms with Crippen molar-refractivity contribution >= 4 is 23.3 Å². The van der Waals surface area contributed by atoms with Gasteiger partial charge in [0.2, 0.25) is 0 Å². The minimum absolute atomic E-state index is 0.0615. The Kier molecular flexibility index (Phi) is 6.32. The quantitative estimate of drug-likeness (QED) is 0.530. The Labute approximate surface area is 236 Å². The number of aliphatic hydroxyl groups is 1. The van der Waals surface area contributed by atoms with Crippen molar-refractivity contribution < 1.29 is 28.3 Å². The summed E-state index contributed by atoms with van der Waals surface area (Å²) in [7, 11) is 0. The van der Waals surface area contributed by atoms with E-state index in [0.717, 1.165) is 5.56 Å². The first-order chi connectivity index (χ1) is 18.9. The van der Waals surface area contributed by atoms with Gasteiger partial charge in [-0.3, -0.25) is 14.4 Å². The first-order valence-corrected chi connectivity index (χ1v) is 14.1. The molecule has 40 heavy (non-hydrogen) atoms. The minimum Gasteiger partial charge on any atom is -0.390 e. The lowest BCUT2D eigenvalue weighted by molar-refractivity contribution is -0.269. The van der Waals surface area contributed by atoms with Crippen LogP contribution in [0.3, 0.4) is 0 Å². The van der Waals surface area contributed by atoms with Crippen LogP contribution in [0.25, 0.3) is 0 Å². The van der Waals surface area contributed by atoms with E-state index < -0.39 is 57.9 Å². The lowest BCUT2D eigenvalue weighted by Crippen LogP contribution is -2.71. The molecular weight excluding hydrogens is 540 g/mol. The van der Waals surface area contributed by atoms with Crippen molar-refractivity contribution in [2.24, 2.45) is 28.6 Å². The second-order valence-corrected chi connectivity index (χ2v) is 12.8. The molecule has 4 fully saturated rings. The van der Waals surface area contributed by atoms with Crippen LogP contribution in [0, 0.1) is 39.9 Å². The first-order valence-electron chi connectivity index (χ1n) is 13.7. The number of nitrogens with one attached hydrogen (secondary N) is 1. The molecule has 1 heterocycles. The zero-order valence-electron chi connectivity index (χ0n) is 22.4. The van der Waals surface area contributed by atoms with E-state index in [0.29, 0.717) is 24.5 Å². The van der Waals surface area contributed by atoms with Gasteiger partial charge < -0.3 is 10.4 Å². The SMILES string of the molecule is CC12C=CC(=O)C=C1C(F)CC1C3CC4CN(Cc5ccc(Cl)cc5)OC4(C(=O)NCC#N)C3(C)CC(O)C12F. The van der Waals surface area contributed by atoms with E-state index in [1.807, 2.05) is 25.1 Å². The van der Waals surface area contributed by atoms with Crippen molar-refractivity contribution in [2.75, 3.05) is 13.1 Å². The summed E-state index contributed by atoms with van der Waals surface area (Å²) in [6.45, 7) is 3.90. The van der Waals surface area contributed by atoms with Gasteiger partial charge in [-0.15, -0.1) is 0 Å². The third-order valence-electron chi connectivity index (χ3n) is 10.6. The van der Waals surface area contributed by atoms with Gasteiger partial charge in [0.05, 0.1) is 12.2 Å². The molecule has 0 radical (unpaired) electrons. The van der Waals surface area contributed by atoms with E-state index in [1.165, 1.54) is 18.2 Å². The van der Waals surface area contributed by atoms with Gasteiger partial charge in [-0.2, -0.15) is 10.3 Å². The van der Waals surface area contributed by atoms with Gasteiger partial charge in [0.1, 0.15) is 12.7 Å². The van der Waals surface area contributed by atoms with Gasteiger partial charge in [0.15, 0.2) is 17.1 Å². The molecule has 2 N–H and O–H groups in total. The number of hydrogen-bond donors (Lipinski definition) is 2. The molecule has 9 atom stereocenters. The molecule has 4 aliphatic carbocycles. The van der Waals surface area contributed by atoms with Gasteiger partial charge in [-0.25, -0.2) is 8.78 Å². The Morgan fingerprint density at radius 3 is 2.70 bits per heavy atom. The maximum atomic E-state index is 17.5. The summed E-state index contributed by atoms with van der Waals surface area (Å²) in [5.74, 6) is -2.67. The number of aliphatic hydroxyl groups excluding tert-OH is 1. The third-order valence-corrected chi connectivity index (χ3v) is 10.9. The Morgan fingerprint density at radius 1 is 1.27 bits per heavy atom. The molecule has 5 aliphatic rings. The topological polar surface area (TPSA) is 103 Å². The molecule has 1 aromatic rings. The summed E-state index contributed by atoms with van der Waals surface area (Å²) in [5.41, 5.74) is -5.30. The van der Waals surface area contributed by atoms with Gasteiger partial charge in [-0.05, 0) is 67.5 Å². The summed E-state index contributed by atoms with van der Waals surface area (Å²) in [5, 5.41) is 25.8. The number of hydroxylamine groups is 2. The van der Waals surface area contributed by atoms with E-state index in [-0.39, 0.29) is 30.9 Å². The van der Waals surface area contributed by atoms with Crippen molar-refractivity contribution in [1.29, 1.82) is 5.26 Å². The average molecular weight is 572 g/mol. The van der Waals surface area contributed by atoms with E-state index >= 15 is 8.78 Å². The van der Waals surface area contributed by atoms with Crippen molar-refractivity contribution in [3.8, 4) is 6.07 Å². The van der Waals surface area contributed by atoms with Crippen LogP contribution < -0.4 is 5.32 Å². The van der Waals surface area contributed by atoms with Crippen LogP contribution in [0.1, 0.15) is 38.7 Å². The smallest absolute Gasteiger partial charge is 0.256 e. The van der Waals surface area contributed by atoms with Crippen LogP contribution in [0.15, 0.2) is 48.1 Å². The van der Waals surface area contributed by atoms with E-state index in [9.17, 15) is 20.0 Å². The zero-order valence-corrected chi connectivity index (χ0v) is 23.1. The maximum absolute atomic E-state index is 17.5. The molecule has 3 saturated carbocycles. The number of ketones is 1. The molecule has 10 heteroatoms. The number of hydrogen-bond acceptors (Lipinski definition) is 6. The number of rotatable bonds is 4. The Hall–Kier alpha value is -2.64. The lowest BCUT2D eigenvalue weighted by Gasteiger charge is -2.63. The monoisotopic (exact) mass is 571 g/mol. The van der Waals surface area contributed by atoms with E-state index in [4.69, 9.17) is 16.4 Å². The van der Waals surface area contributed by atoms with Crippen LogP contribution in [0.2, 0.25) is 5.02 Å². The standard InChI is InChI=1S/C30H32ClF2N3O4/c1-27-8-7-20(37)12-23(27)24(32)13-22-21-11-18-16-36(15-17-3-5-19(31)6-4-17)40-30(18,26(39)35-10-9-34)28(21,2)14-25(38)29(22,27)33/h3-8,12,18,21-22,24-25,38H,10-11,13-16H2,1-2H3,(H,35,39). The van der Waals surface area contributed by atoms with Crippen LogP contribution in [0.5, 0.6) is 0 Å². The average Bonchev–Trinajstić information content (AvgIpc) is 3.39. The number of nitrogens with zero attached hydrogens (tertiary/aromatic N) is 2. The number of nitriles is 1. The molecule has 6 rings (SSSR count). The Bertz CT molecular complexity index is 1360. The fourth-order valence-electron chi connectivity index (χ4n) is 8.85. The van der Waals surface area contributed by atoms with Crippen LogP contribution >= 0.6 is 11.6 Å². The summed E-state index contributed by atoms with van der Waals surface area (Å²) in [6.07, 6.45) is 0.801. The number of carbonyl (C=O) groups excluding carboxylic acids is 2. The molecule has 1 amide bonds. The second kappa shape index (κ2) is 9.18. The number of halogens is 3. The summed E-state index contributed by atoms with van der Waals surface area (Å²) in [4.78, 5) is 32.6. The van der Waals surface area contributed by atoms with Gasteiger partial charge >= 0.3 is 0 Å². The number of fused-ring (bicyclic) bond motifs is 7. The highest BCUT2D eigenvalue weighted by atomic mass is 35.5. The minimum atomic E-state index is -2.24. The number of alkyl halides is 2. The van der Waals surface area contributed by atoms with Gasteiger partial charge in [-0.1, -0.05) is 36.7 Å². The third kappa shape index (κ3) is 3.49. The zero-order chi connectivity index (χ0) is 28.7. The summed E-state index contributed by atoms with van der Waals surface area (Å²) >= 11 is 6.03. The maximum Gasteiger partial charge on any atom is 0.256 e. The lowest BCUT2D eigenvalue weighted by atomic mass is 9.44. The first kappa shape index (κ1) is 27.5. The molecule has 1 aromatic carbocycles. The molecule has 7 nitrogen and oxygen atoms in total. The molecule has 0 spiro atoms. The summed E-state index contributed by atoms with van der Waals surface area (Å²) < 4.78 is 33.3. The largest absolute Gasteiger partial charge is 0.390 e. The molecule has 1 aliphatic heterocycles. The van der Waals surface area contributed by atoms with Gasteiger partial charge in [0.25, 0.3) is 5.91 Å². The normalized spacial score (nSPS) is 43.7. The second-order valence-electron chi connectivity index (χ2n) is 12.4. The van der Waals surface area contributed by atoms with Crippen LogP contribution in [-0.2, 0) is 21.0 Å². The molecule has 9 unspecified atom stereocenters. The molecule has 0 bridgehead atoms. The highest BCUT2D eigenvalue weighted by Gasteiger charge is 2.79. The molecule has 0 aromatic heterocycles.